The van der Waals surface area contributed by atoms with Crippen LogP contribution < -0.4 is 0 Å². The zero-order chi connectivity index (χ0) is 21.3. The molecule has 0 spiro atoms. The van der Waals surface area contributed by atoms with Crippen molar-refractivity contribution in [3.63, 3.8) is 0 Å². The van der Waals surface area contributed by atoms with Crippen molar-refractivity contribution in [2.45, 2.75) is 44.8 Å². The van der Waals surface area contributed by atoms with Gasteiger partial charge in [0.2, 0.25) is 5.91 Å². The van der Waals surface area contributed by atoms with E-state index in [0.717, 1.165) is 28.3 Å². The summed E-state index contributed by atoms with van der Waals surface area (Å²) in [5, 5.41) is 0.825. The summed E-state index contributed by atoms with van der Waals surface area (Å²) in [5.74, 6) is -0.307. The first-order chi connectivity index (χ1) is 14.3. The highest BCUT2D eigenvalue weighted by molar-refractivity contribution is 7.91. The van der Waals surface area contributed by atoms with Crippen molar-refractivity contribution < 1.29 is 22.3 Å². The number of amides is 1. The second-order valence-electron chi connectivity index (χ2n) is 7.93. The maximum atomic E-state index is 13.3. The Hall–Kier alpha value is -1.84. The Morgan fingerprint density at radius 1 is 1.30 bits per heavy atom. The van der Waals surface area contributed by atoms with Gasteiger partial charge in [0.15, 0.2) is 9.84 Å². The third-order valence-electron chi connectivity index (χ3n) is 5.63. The Balaban J connectivity index is 1.57. The van der Waals surface area contributed by atoms with Gasteiger partial charge in [-0.25, -0.2) is 17.8 Å². The first-order valence-electron chi connectivity index (χ1n) is 10.1. The molecule has 2 aliphatic heterocycles. The van der Waals surface area contributed by atoms with Crippen molar-refractivity contribution in [1.29, 1.82) is 0 Å². The number of carbonyl (C=O) groups is 1. The molecule has 0 bridgehead atoms. The van der Waals surface area contributed by atoms with E-state index in [2.05, 4.69) is 4.98 Å². The molecule has 0 N–H and O–H groups in total. The topological polar surface area (TPSA) is 76.6 Å². The summed E-state index contributed by atoms with van der Waals surface area (Å²) in [7, 11) is -3.11. The average Bonchev–Trinajstić information content (AvgIpc) is 3.41. The fraction of sp³-hybridized carbons (Fsp3) is 0.524. The van der Waals surface area contributed by atoms with Crippen LogP contribution in [0, 0.1) is 12.7 Å². The van der Waals surface area contributed by atoms with E-state index >= 15 is 0 Å². The number of hydrogen-bond acceptors (Lipinski definition) is 6. The highest BCUT2D eigenvalue weighted by Crippen LogP contribution is 2.30. The molecule has 1 aromatic carbocycles. The second kappa shape index (κ2) is 8.72. The molecule has 6 nitrogen and oxygen atoms in total. The van der Waals surface area contributed by atoms with Crippen LogP contribution in [0.2, 0.25) is 0 Å². The van der Waals surface area contributed by atoms with Gasteiger partial charge in [-0.2, -0.15) is 0 Å². The van der Waals surface area contributed by atoms with Crippen LogP contribution in [0.3, 0.4) is 0 Å². The SMILES string of the molecule is Cc1nc(-c2ccc(F)cc2)c(CC(=O)N(C[C@H]2CCCO2)[C@@H]2CCS(=O)(=O)C2)s1. The van der Waals surface area contributed by atoms with Crippen LogP contribution >= 0.6 is 11.3 Å². The van der Waals surface area contributed by atoms with Gasteiger partial charge < -0.3 is 9.64 Å². The fourth-order valence-electron chi connectivity index (χ4n) is 4.14. The summed E-state index contributed by atoms with van der Waals surface area (Å²) < 4.78 is 43.1. The maximum absolute atomic E-state index is 13.3. The maximum Gasteiger partial charge on any atom is 0.228 e. The summed E-state index contributed by atoms with van der Waals surface area (Å²) in [6.07, 6.45) is 2.40. The number of rotatable bonds is 6. The summed E-state index contributed by atoms with van der Waals surface area (Å²) in [4.78, 5) is 20.4. The van der Waals surface area contributed by atoms with Gasteiger partial charge in [-0.15, -0.1) is 11.3 Å². The molecule has 4 rings (SSSR count). The van der Waals surface area contributed by atoms with Gasteiger partial charge in [0.25, 0.3) is 0 Å². The highest BCUT2D eigenvalue weighted by atomic mass is 32.2. The standard InChI is InChI=1S/C21H25FN2O4S2/c1-14-23-21(15-4-6-16(22)7-5-15)19(29-14)11-20(25)24(12-18-3-2-9-28-18)17-8-10-30(26,27)13-17/h4-7,17-18H,2-3,8-13H2,1H3/t17-,18-/m1/s1. The molecule has 0 aliphatic carbocycles. The molecule has 2 aromatic rings. The monoisotopic (exact) mass is 452 g/mol. The lowest BCUT2D eigenvalue weighted by molar-refractivity contribution is -0.134. The van der Waals surface area contributed by atoms with Crippen LogP contribution in [-0.2, 0) is 25.8 Å². The average molecular weight is 453 g/mol. The van der Waals surface area contributed by atoms with Gasteiger partial charge in [-0.3, -0.25) is 4.79 Å². The van der Waals surface area contributed by atoms with E-state index in [0.29, 0.717) is 25.3 Å². The number of sulfone groups is 1. The van der Waals surface area contributed by atoms with E-state index in [-0.39, 0.29) is 41.8 Å². The molecule has 0 unspecified atom stereocenters. The highest BCUT2D eigenvalue weighted by Gasteiger charge is 2.36. The minimum Gasteiger partial charge on any atom is -0.376 e. The van der Waals surface area contributed by atoms with Crippen LogP contribution in [0.1, 0.15) is 29.1 Å². The zero-order valence-electron chi connectivity index (χ0n) is 16.8. The number of ether oxygens (including phenoxy) is 1. The van der Waals surface area contributed by atoms with E-state index in [1.54, 1.807) is 17.0 Å². The van der Waals surface area contributed by atoms with Gasteiger partial charge in [-0.1, -0.05) is 0 Å². The van der Waals surface area contributed by atoms with E-state index < -0.39 is 9.84 Å². The molecule has 2 atom stereocenters. The number of thiazole rings is 1. The zero-order valence-corrected chi connectivity index (χ0v) is 18.5. The minimum absolute atomic E-state index is 0.0119. The smallest absolute Gasteiger partial charge is 0.228 e. The normalized spacial score (nSPS) is 23.0. The van der Waals surface area contributed by atoms with Gasteiger partial charge in [0.1, 0.15) is 5.82 Å². The summed E-state index contributed by atoms with van der Waals surface area (Å²) in [5.41, 5.74) is 1.44. The van der Waals surface area contributed by atoms with Crippen molar-refractivity contribution in [1.82, 2.24) is 9.88 Å². The lowest BCUT2D eigenvalue weighted by Gasteiger charge is -2.30. The molecule has 1 amide bonds. The van der Waals surface area contributed by atoms with Gasteiger partial charge in [0.05, 0.1) is 34.7 Å². The Bertz CT molecular complexity index is 1010. The van der Waals surface area contributed by atoms with E-state index in [1.165, 1.54) is 23.5 Å². The largest absolute Gasteiger partial charge is 0.376 e. The van der Waals surface area contributed by atoms with E-state index in [4.69, 9.17) is 4.74 Å². The number of benzene rings is 1. The van der Waals surface area contributed by atoms with Crippen molar-refractivity contribution >= 4 is 27.1 Å². The lowest BCUT2D eigenvalue weighted by atomic mass is 10.1. The molecule has 1 aromatic heterocycles. The first kappa shape index (κ1) is 21.4. The Kier molecular flexibility index (Phi) is 6.22. The summed E-state index contributed by atoms with van der Waals surface area (Å²) >= 11 is 1.44. The van der Waals surface area contributed by atoms with Crippen LogP contribution in [0.4, 0.5) is 4.39 Å². The van der Waals surface area contributed by atoms with Gasteiger partial charge in [-0.05, 0) is 50.5 Å². The molecule has 2 fully saturated rings. The third kappa shape index (κ3) is 4.90. The van der Waals surface area contributed by atoms with Crippen molar-refractivity contribution in [3.8, 4) is 11.3 Å². The lowest BCUT2D eigenvalue weighted by Crippen LogP contribution is -2.45. The molecule has 9 heteroatoms. The van der Waals surface area contributed by atoms with Gasteiger partial charge in [0, 0.05) is 29.6 Å². The first-order valence-corrected chi connectivity index (χ1v) is 12.8. The Morgan fingerprint density at radius 3 is 2.70 bits per heavy atom. The Morgan fingerprint density at radius 2 is 2.07 bits per heavy atom. The van der Waals surface area contributed by atoms with Crippen LogP contribution in [0.5, 0.6) is 0 Å². The number of carbonyl (C=O) groups excluding carboxylic acids is 1. The summed E-state index contributed by atoms with van der Waals surface area (Å²) in [6.45, 7) is 2.97. The van der Waals surface area contributed by atoms with Crippen LogP contribution in [0.15, 0.2) is 24.3 Å². The molecule has 30 heavy (non-hydrogen) atoms. The molecule has 2 aliphatic rings. The molecule has 0 saturated carbocycles. The predicted molar refractivity (Wildman–Crippen MR) is 114 cm³/mol. The van der Waals surface area contributed by atoms with Crippen LogP contribution in [0.25, 0.3) is 11.3 Å². The molecular formula is C21H25FN2O4S2. The molecule has 3 heterocycles. The third-order valence-corrected chi connectivity index (χ3v) is 8.35. The molecular weight excluding hydrogens is 427 g/mol. The van der Waals surface area contributed by atoms with Gasteiger partial charge >= 0.3 is 0 Å². The summed E-state index contributed by atoms with van der Waals surface area (Å²) in [6, 6.07) is 5.76. The quantitative estimate of drug-likeness (QED) is 0.674. The number of aryl methyl sites for hydroxylation is 1. The predicted octanol–water partition coefficient (Wildman–Crippen LogP) is 2.99. The van der Waals surface area contributed by atoms with Crippen LogP contribution in [-0.4, -0.2) is 61.0 Å². The molecule has 162 valence electrons. The fourth-order valence-corrected chi connectivity index (χ4v) is 6.82. The number of nitrogens with zero attached hydrogens (tertiary/aromatic N) is 2. The van der Waals surface area contributed by atoms with Crippen molar-refractivity contribution in [3.05, 3.63) is 40.0 Å². The van der Waals surface area contributed by atoms with E-state index in [9.17, 15) is 17.6 Å². The molecule has 0 radical (unpaired) electrons. The second-order valence-corrected chi connectivity index (χ2v) is 11.4. The number of hydrogen-bond donors (Lipinski definition) is 0. The van der Waals surface area contributed by atoms with E-state index in [1.807, 2.05) is 6.92 Å². The van der Waals surface area contributed by atoms with Crippen molar-refractivity contribution in [2.24, 2.45) is 0 Å². The van der Waals surface area contributed by atoms with Crippen molar-refractivity contribution in [2.75, 3.05) is 24.7 Å². The number of halogens is 1. The minimum atomic E-state index is -3.11. The number of aromatic nitrogens is 1. The molecule has 2 saturated heterocycles. The Labute approximate surface area is 180 Å².